The second-order valence-electron chi connectivity index (χ2n) is 3.62. The normalized spacial score (nSPS) is 10.0. The molecule has 0 radical (unpaired) electrons. The Morgan fingerprint density at radius 1 is 1.35 bits per heavy atom. The number of non-ortho nitro benzene ring substituents is 1. The van der Waals surface area contributed by atoms with Gasteiger partial charge in [-0.1, -0.05) is 0 Å². The lowest BCUT2D eigenvalue weighted by atomic mass is 10.3. The van der Waals surface area contributed by atoms with E-state index in [0.717, 1.165) is 0 Å². The van der Waals surface area contributed by atoms with Crippen LogP contribution in [0.25, 0.3) is 0 Å². The first-order chi connectivity index (χ1) is 9.65. The van der Waals surface area contributed by atoms with Crippen molar-refractivity contribution < 1.29 is 19.2 Å². The van der Waals surface area contributed by atoms with Gasteiger partial charge in [-0.15, -0.1) is 0 Å². The van der Waals surface area contributed by atoms with Crippen molar-refractivity contribution in [2.24, 2.45) is 0 Å². The van der Waals surface area contributed by atoms with Crippen LogP contribution in [0.4, 0.5) is 5.69 Å². The monoisotopic (exact) mass is 278 g/mol. The molecule has 20 heavy (non-hydrogen) atoms. The molecule has 0 aliphatic carbocycles. The van der Waals surface area contributed by atoms with Crippen LogP contribution in [0, 0.1) is 10.1 Å². The van der Waals surface area contributed by atoms with Crippen LogP contribution in [0.3, 0.4) is 0 Å². The highest BCUT2D eigenvalue weighted by Gasteiger charge is 2.07. The summed E-state index contributed by atoms with van der Waals surface area (Å²) in [5.74, 6) is -0.243. The van der Waals surface area contributed by atoms with E-state index in [1.165, 1.54) is 41.6 Å². The highest BCUT2D eigenvalue weighted by Crippen LogP contribution is 2.17. The maximum Gasteiger partial charge on any atom is 0.345 e. The van der Waals surface area contributed by atoms with Gasteiger partial charge in [0.2, 0.25) is 0 Å². The van der Waals surface area contributed by atoms with Crippen LogP contribution in [0.1, 0.15) is 0 Å². The summed E-state index contributed by atoms with van der Waals surface area (Å²) in [6.07, 6.45) is 2.73. The zero-order valence-electron chi connectivity index (χ0n) is 10.2. The van der Waals surface area contributed by atoms with Crippen LogP contribution in [0.15, 0.2) is 36.9 Å². The molecule has 9 heteroatoms. The van der Waals surface area contributed by atoms with Crippen molar-refractivity contribution in [3.8, 4) is 5.75 Å². The molecule has 9 nitrogen and oxygen atoms in total. The fourth-order valence-corrected chi connectivity index (χ4v) is 1.29. The average molecular weight is 278 g/mol. The van der Waals surface area contributed by atoms with Crippen LogP contribution in [-0.4, -0.2) is 32.3 Å². The highest BCUT2D eigenvalue weighted by atomic mass is 16.6. The molecule has 0 N–H and O–H groups in total. The number of nitro benzene ring substituents is 1. The third-order valence-electron chi connectivity index (χ3n) is 2.23. The first-order valence-electron chi connectivity index (χ1n) is 5.50. The Bertz CT molecular complexity index is 581. The van der Waals surface area contributed by atoms with Gasteiger partial charge < -0.3 is 9.47 Å². The molecule has 1 heterocycles. The summed E-state index contributed by atoms with van der Waals surface area (Å²) < 4.78 is 11.3. The molecule has 0 fully saturated rings. The smallest absolute Gasteiger partial charge is 0.345 e. The van der Waals surface area contributed by atoms with Crippen molar-refractivity contribution in [2.45, 2.75) is 6.73 Å². The molecule has 0 aliphatic heterocycles. The summed E-state index contributed by atoms with van der Waals surface area (Å²) in [6.45, 7) is -0.352. The molecule has 0 aliphatic rings. The standard InChI is InChI=1S/C11H10N4O5/c16-11(20-8-14-7-12-6-13-14)5-19-10-3-1-9(2-4-10)15(17)18/h1-4,6-7H,5,8H2. The second-order valence-corrected chi connectivity index (χ2v) is 3.62. The molecule has 0 unspecified atom stereocenters. The van der Waals surface area contributed by atoms with E-state index in [1.807, 2.05) is 0 Å². The van der Waals surface area contributed by atoms with Crippen LogP contribution < -0.4 is 4.74 Å². The molecule has 2 rings (SSSR count). The Balaban J connectivity index is 1.76. The number of esters is 1. The number of nitrogens with zero attached hydrogens (tertiary/aromatic N) is 4. The summed E-state index contributed by atoms with van der Waals surface area (Å²) in [6, 6.07) is 5.39. The van der Waals surface area contributed by atoms with E-state index in [1.54, 1.807) is 0 Å². The van der Waals surface area contributed by atoms with Crippen molar-refractivity contribution in [1.29, 1.82) is 0 Å². The summed E-state index contributed by atoms with van der Waals surface area (Å²) in [5.41, 5.74) is -0.0499. The van der Waals surface area contributed by atoms with Gasteiger partial charge in [0.25, 0.3) is 5.69 Å². The third kappa shape index (κ3) is 3.77. The third-order valence-corrected chi connectivity index (χ3v) is 2.23. The Morgan fingerprint density at radius 2 is 2.10 bits per heavy atom. The van der Waals surface area contributed by atoms with Gasteiger partial charge >= 0.3 is 5.97 Å². The molecule has 0 saturated carbocycles. The maximum absolute atomic E-state index is 11.4. The molecule has 104 valence electrons. The molecular formula is C11H10N4O5. The topological polar surface area (TPSA) is 109 Å². The van der Waals surface area contributed by atoms with E-state index in [-0.39, 0.29) is 19.0 Å². The Hall–Kier alpha value is -2.97. The van der Waals surface area contributed by atoms with Crippen LogP contribution >= 0.6 is 0 Å². The predicted molar refractivity (Wildman–Crippen MR) is 64.7 cm³/mol. The largest absolute Gasteiger partial charge is 0.482 e. The summed E-state index contributed by atoms with van der Waals surface area (Å²) in [5, 5.41) is 14.2. The van der Waals surface area contributed by atoms with E-state index in [0.29, 0.717) is 5.75 Å². The van der Waals surface area contributed by atoms with Gasteiger partial charge in [0.1, 0.15) is 18.4 Å². The molecule has 0 atom stereocenters. The van der Waals surface area contributed by atoms with E-state index in [4.69, 9.17) is 9.47 Å². The minimum atomic E-state index is -0.584. The van der Waals surface area contributed by atoms with Gasteiger partial charge in [-0.05, 0) is 12.1 Å². The zero-order chi connectivity index (χ0) is 14.4. The molecule has 1 aromatic carbocycles. The second kappa shape index (κ2) is 6.27. The SMILES string of the molecule is O=C(COc1ccc([N+](=O)[O-])cc1)OCn1cncn1. The molecular weight excluding hydrogens is 268 g/mol. The molecule has 0 spiro atoms. The maximum atomic E-state index is 11.4. The lowest BCUT2D eigenvalue weighted by molar-refractivity contribution is -0.384. The first-order valence-corrected chi connectivity index (χ1v) is 5.50. The Morgan fingerprint density at radius 3 is 2.70 bits per heavy atom. The number of carbonyl (C=O) groups is 1. The van der Waals surface area contributed by atoms with Crippen molar-refractivity contribution >= 4 is 11.7 Å². The molecule has 0 amide bonds. The molecule has 0 bridgehead atoms. The van der Waals surface area contributed by atoms with Crippen molar-refractivity contribution in [2.75, 3.05) is 6.61 Å². The van der Waals surface area contributed by atoms with E-state index >= 15 is 0 Å². The lowest BCUT2D eigenvalue weighted by Crippen LogP contribution is -2.17. The number of hydrogen-bond acceptors (Lipinski definition) is 7. The van der Waals surface area contributed by atoms with E-state index < -0.39 is 10.9 Å². The van der Waals surface area contributed by atoms with Crippen molar-refractivity contribution in [3.63, 3.8) is 0 Å². The van der Waals surface area contributed by atoms with Gasteiger partial charge in [0.15, 0.2) is 13.3 Å². The average Bonchev–Trinajstić information content (AvgIpc) is 2.96. The van der Waals surface area contributed by atoms with Crippen molar-refractivity contribution in [1.82, 2.24) is 14.8 Å². The highest BCUT2D eigenvalue weighted by molar-refractivity contribution is 5.70. The van der Waals surface area contributed by atoms with Gasteiger partial charge in [-0.2, -0.15) is 5.10 Å². The quantitative estimate of drug-likeness (QED) is 0.436. The minimum Gasteiger partial charge on any atom is -0.482 e. The fraction of sp³-hybridized carbons (Fsp3) is 0.182. The van der Waals surface area contributed by atoms with E-state index in [2.05, 4.69) is 10.1 Å². The lowest BCUT2D eigenvalue weighted by Gasteiger charge is -2.06. The van der Waals surface area contributed by atoms with Crippen LogP contribution in [0.5, 0.6) is 5.75 Å². The summed E-state index contributed by atoms with van der Waals surface area (Å²) in [4.78, 5) is 25.0. The van der Waals surface area contributed by atoms with Crippen LogP contribution in [0.2, 0.25) is 0 Å². The van der Waals surface area contributed by atoms with Gasteiger partial charge in [0.05, 0.1) is 4.92 Å². The Labute approximate surface area is 112 Å². The van der Waals surface area contributed by atoms with Crippen LogP contribution in [-0.2, 0) is 16.3 Å². The summed E-state index contributed by atoms with van der Waals surface area (Å²) in [7, 11) is 0. The number of hydrogen-bond donors (Lipinski definition) is 0. The fourth-order valence-electron chi connectivity index (χ4n) is 1.29. The van der Waals surface area contributed by atoms with Gasteiger partial charge in [-0.3, -0.25) is 10.1 Å². The number of benzene rings is 1. The van der Waals surface area contributed by atoms with Crippen molar-refractivity contribution in [3.05, 3.63) is 47.0 Å². The first kappa shape index (κ1) is 13.5. The number of ether oxygens (including phenoxy) is 2. The molecule has 2 aromatic rings. The van der Waals surface area contributed by atoms with E-state index in [9.17, 15) is 14.9 Å². The summed E-state index contributed by atoms with van der Waals surface area (Å²) >= 11 is 0. The van der Waals surface area contributed by atoms with Gasteiger partial charge in [-0.25, -0.2) is 14.5 Å². The number of aromatic nitrogens is 3. The van der Waals surface area contributed by atoms with Gasteiger partial charge in [0, 0.05) is 12.1 Å². The molecule has 0 saturated heterocycles. The molecule has 1 aromatic heterocycles. The Kier molecular flexibility index (Phi) is 4.22. The number of nitro groups is 1. The minimum absolute atomic E-state index is 0.0499. The number of rotatable bonds is 6. The predicted octanol–water partition coefficient (Wildman–Crippen LogP) is 0.766. The number of carbonyl (C=O) groups excluding carboxylic acids is 1. The zero-order valence-corrected chi connectivity index (χ0v) is 10.2.